The molecule has 1 saturated heterocycles. The van der Waals surface area contributed by atoms with E-state index in [9.17, 15) is 8.42 Å². The van der Waals surface area contributed by atoms with Crippen LogP contribution in [0.25, 0.3) is 0 Å². The molecule has 0 aromatic carbocycles. The standard InChI is InChI=1S/C8H18N2O2S/c1-8(6-9)7-10-4-2-3-5-13(10,11)12/h8H,2-7,9H2,1H3. The number of hydrogen-bond acceptors (Lipinski definition) is 3. The Morgan fingerprint density at radius 3 is 2.69 bits per heavy atom. The third-order valence-electron chi connectivity index (χ3n) is 2.37. The van der Waals surface area contributed by atoms with E-state index in [1.165, 1.54) is 0 Å². The summed E-state index contributed by atoms with van der Waals surface area (Å²) in [4.78, 5) is 0. The molecule has 0 aromatic rings. The van der Waals surface area contributed by atoms with E-state index in [0.29, 0.717) is 25.4 Å². The van der Waals surface area contributed by atoms with Crippen LogP contribution in [0.5, 0.6) is 0 Å². The van der Waals surface area contributed by atoms with E-state index in [0.717, 1.165) is 12.8 Å². The molecule has 0 aliphatic carbocycles. The van der Waals surface area contributed by atoms with Gasteiger partial charge in [-0.25, -0.2) is 12.7 Å². The average Bonchev–Trinajstić information content (AvgIpc) is 2.08. The van der Waals surface area contributed by atoms with Crippen LogP contribution < -0.4 is 5.73 Å². The molecule has 1 atom stereocenters. The summed E-state index contributed by atoms with van der Waals surface area (Å²) < 4.78 is 24.6. The summed E-state index contributed by atoms with van der Waals surface area (Å²) in [7, 11) is -2.95. The lowest BCUT2D eigenvalue weighted by Gasteiger charge is -2.28. The van der Waals surface area contributed by atoms with Gasteiger partial charge in [0.05, 0.1) is 5.75 Å². The minimum atomic E-state index is -2.95. The van der Waals surface area contributed by atoms with E-state index in [-0.39, 0.29) is 5.92 Å². The second kappa shape index (κ2) is 4.39. The first-order valence-electron chi connectivity index (χ1n) is 4.74. The molecule has 4 nitrogen and oxygen atoms in total. The quantitative estimate of drug-likeness (QED) is 0.707. The number of hydrogen-bond donors (Lipinski definition) is 1. The van der Waals surface area contributed by atoms with Crippen molar-refractivity contribution in [2.45, 2.75) is 19.8 Å². The van der Waals surface area contributed by atoms with Crippen molar-refractivity contribution in [1.29, 1.82) is 0 Å². The van der Waals surface area contributed by atoms with Crippen LogP contribution >= 0.6 is 0 Å². The van der Waals surface area contributed by atoms with Crippen LogP contribution in [0, 0.1) is 5.92 Å². The van der Waals surface area contributed by atoms with E-state index in [1.54, 1.807) is 4.31 Å². The van der Waals surface area contributed by atoms with Gasteiger partial charge in [-0.1, -0.05) is 6.92 Å². The summed E-state index contributed by atoms with van der Waals surface area (Å²) in [6.07, 6.45) is 1.78. The fourth-order valence-electron chi connectivity index (χ4n) is 1.47. The third kappa shape index (κ3) is 2.93. The maximum atomic E-state index is 11.5. The van der Waals surface area contributed by atoms with E-state index in [4.69, 9.17) is 5.73 Å². The fourth-order valence-corrected chi connectivity index (χ4v) is 3.18. The van der Waals surface area contributed by atoms with Crippen molar-refractivity contribution in [1.82, 2.24) is 4.31 Å². The van der Waals surface area contributed by atoms with Crippen molar-refractivity contribution < 1.29 is 8.42 Å². The molecule has 0 aromatic heterocycles. The Labute approximate surface area is 80.1 Å². The van der Waals surface area contributed by atoms with Crippen LogP contribution in [-0.4, -0.2) is 38.1 Å². The summed E-state index contributed by atoms with van der Waals surface area (Å²) in [5, 5.41) is 0. The molecule has 1 unspecified atom stereocenters. The topological polar surface area (TPSA) is 63.4 Å². The summed E-state index contributed by atoms with van der Waals surface area (Å²) in [6.45, 7) is 3.78. The van der Waals surface area contributed by atoms with Gasteiger partial charge in [0.25, 0.3) is 0 Å². The maximum absolute atomic E-state index is 11.5. The summed E-state index contributed by atoms with van der Waals surface area (Å²) in [6, 6.07) is 0. The summed E-state index contributed by atoms with van der Waals surface area (Å²) in [5.41, 5.74) is 5.46. The minimum Gasteiger partial charge on any atom is -0.330 e. The minimum absolute atomic E-state index is 0.257. The number of nitrogens with zero attached hydrogens (tertiary/aromatic N) is 1. The lowest BCUT2D eigenvalue weighted by atomic mass is 10.2. The molecule has 1 fully saturated rings. The van der Waals surface area contributed by atoms with E-state index < -0.39 is 10.0 Å². The highest BCUT2D eigenvalue weighted by Gasteiger charge is 2.26. The zero-order valence-corrected chi connectivity index (χ0v) is 8.89. The predicted octanol–water partition coefficient (Wildman–Crippen LogP) is 0.00680. The first kappa shape index (κ1) is 10.9. The molecule has 0 saturated carbocycles. The van der Waals surface area contributed by atoms with E-state index >= 15 is 0 Å². The van der Waals surface area contributed by atoms with Gasteiger partial charge >= 0.3 is 0 Å². The Kier molecular flexibility index (Phi) is 3.70. The predicted molar refractivity (Wildman–Crippen MR) is 52.8 cm³/mol. The second-order valence-corrected chi connectivity index (χ2v) is 5.81. The largest absolute Gasteiger partial charge is 0.330 e. The molecular weight excluding hydrogens is 188 g/mol. The highest BCUT2D eigenvalue weighted by atomic mass is 32.2. The molecular formula is C8H18N2O2S. The molecule has 0 amide bonds. The van der Waals surface area contributed by atoms with Gasteiger partial charge in [0, 0.05) is 13.1 Å². The summed E-state index contributed by atoms with van der Waals surface area (Å²) >= 11 is 0. The van der Waals surface area contributed by atoms with Crippen molar-refractivity contribution in [2.75, 3.05) is 25.4 Å². The molecule has 5 heteroatoms. The first-order valence-corrected chi connectivity index (χ1v) is 6.35. The zero-order chi connectivity index (χ0) is 9.90. The van der Waals surface area contributed by atoms with Gasteiger partial charge in [-0.3, -0.25) is 0 Å². The number of nitrogens with two attached hydrogens (primary N) is 1. The second-order valence-electron chi connectivity index (χ2n) is 3.72. The molecule has 0 spiro atoms. The Balaban J connectivity index is 2.56. The van der Waals surface area contributed by atoms with Gasteiger partial charge in [-0.15, -0.1) is 0 Å². The molecule has 2 N–H and O–H groups in total. The van der Waals surface area contributed by atoms with Crippen molar-refractivity contribution >= 4 is 10.0 Å². The molecule has 1 aliphatic heterocycles. The van der Waals surface area contributed by atoms with Crippen molar-refractivity contribution in [2.24, 2.45) is 11.7 Å². The lowest BCUT2D eigenvalue weighted by Crippen LogP contribution is -2.41. The van der Waals surface area contributed by atoms with Gasteiger partial charge < -0.3 is 5.73 Å². The zero-order valence-electron chi connectivity index (χ0n) is 8.07. The Morgan fingerprint density at radius 1 is 1.46 bits per heavy atom. The van der Waals surface area contributed by atoms with E-state index in [1.807, 2.05) is 6.92 Å². The van der Waals surface area contributed by atoms with Gasteiger partial charge in [0.15, 0.2) is 0 Å². The molecule has 0 bridgehead atoms. The highest BCUT2D eigenvalue weighted by molar-refractivity contribution is 7.89. The van der Waals surface area contributed by atoms with E-state index in [2.05, 4.69) is 0 Å². The Bertz CT molecular complexity index is 251. The SMILES string of the molecule is CC(CN)CN1CCCCS1(=O)=O. The van der Waals surface area contributed by atoms with Crippen LogP contribution in [0.2, 0.25) is 0 Å². The van der Waals surface area contributed by atoms with Gasteiger partial charge in [0.2, 0.25) is 10.0 Å². The van der Waals surface area contributed by atoms with Gasteiger partial charge in [-0.05, 0) is 25.3 Å². The van der Waals surface area contributed by atoms with Crippen LogP contribution in [0.15, 0.2) is 0 Å². The number of rotatable bonds is 3. The van der Waals surface area contributed by atoms with Crippen molar-refractivity contribution in [3.63, 3.8) is 0 Å². The highest BCUT2D eigenvalue weighted by Crippen LogP contribution is 2.14. The van der Waals surface area contributed by atoms with Gasteiger partial charge in [-0.2, -0.15) is 0 Å². The van der Waals surface area contributed by atoms with Crippen LogP contribution in [0.4, 0.5) is 0 Å². The monoisotopic (exact) mass is 206 g/mol. The molecule has 1 aliphatic rings. The maximum Gasteiger partial charge on any atom is 0.214 e. The van der Waals surface area contributed by atoms with Crippen molar-refractivity contribution in [3.05, 3.63) is 0 Å². The Hall–Kier alpha value is -0.130. The normalized spacial score (nSPS) is 25.7. The summed E-state index contributed by atoms with van der Waals surface area (Å²) in [5.74, 6) is 0.567. The first-order chi connectivity index (χ1) is 6.06. The fraction of sp³-hybridized carbons (Fsp3) is 1.00. The molecule has 78 valence electrons. The number of sulfonamides is 1. The molecule has 13 heavy (non-hydrogen) atoms. The molecule has 0 radical (unpaired) electrons. The smallest absolute Gasteiger partial charge is 0.214 e. The van der Waals surface area contributed by atoms with Crippen molar-refractivity contribution in [3.8, 4) is 0 Å². The molecule has 1 rings (SSSR count). The van der Waals surface area contributed by atoms with Crippen LogP contribution in [0.3, 0.4) is 0 Å². The average molecular weight is 206 g/mol. The lowest BCUT2D eigenvalue weighted by molar-refractivity contribution is 0.339. The van der Waals surface area contributed by atoms with Crippen LogP contribution in [-0.2, 0) is 10.0 Å². The Morgan fingerprint density at radius 2 is 2.15 bits per heavy atom. The third-order valence-corrected chi connectivity index (χ3v) is 4.29. The van der Waals surface area contributed by atoms with Gasteiger partial charge in [0.1, 0.15) is 0 Å². The van der Waals surface area contributed by atoms with Crippen LogP contribution in [0.1, 0.15) is 19.8 Å². The molecule has 1 heterocycles.